The van der Waals surface area contributed by atoms with Crippen molar-refractivity contribution in [2.75, 3.05) is 5.73 Å². The molecular weight excluding hydrogens is 240 g/mol. The molecule has 1 heterocycles. The van der Waals surface area contributed by atoms with Crippen molar-refractivity contribution < 1.29 is 5.21 Å². The Kier molecular flexibility index (Phi) is 2.45. The number of hydrogen-bond donors (Lipinski definition) is 3. The molecule has 0 aliphatic rings. The second kappa shape index (κ2) is 4.13. The molecule has 0 saturated heterocycles. The maximum absolute atomic E-state index is 8.70. The second-order valence-electron chi connectivity index (χ2n) is 4.26. The van der Waals surface area contributed by atoms with Crippen LogP contribution in [0.15, 0.2) is 47.6 Å². The third-order valence-electron chi connectivity index (χ3n) is 3.13. The lowest BCUT2D eigenvalue weighted by Gasteiger charge is -2.07. The van der Waals surface area contributed by atoms with Crippen LogP contribution in [0.3, 0.4) is 0 Å². The van der Waals surface area contributed by atoms with Crippen LogP contribution in [0.4, 0.5) is 5.69 Å². The molecule has 2 aromatic carbocycles. The number of nitrogens with two attached hydrogens (primary N) is 2. The highest BCUT2D eigenvalue weighted by molar-refractivity contribution is 6.08. The number of nitrogens with zero attached hydrogens (tertiary/aromatic N) is 2. The summed E-state index contributed by atoms with van der Waals surface area (Å²) < 4.78 is 0. The van der Waals surface area contributed by atoms with Gasteiger partial charge in [-0.1, -0.05) is 29.4 Å². The number of fused-ring (bicyclic) bond motifs is 2. The number of para-hydroxylation sites is 1. The Morgan fingerprint density at radius 3 is 2.58 bits per heavy atom. The minimum Gasteiger partial charge on any atom is -0.409 e. The molecule has 0 atom stereocenters. The number of pyridine rings is 1. The summed E-state index contributed by atoms with van der Waals surface area (Å²) in [7, 11) is 0. The first-order chi connectivity index (χ1) is 9.20. The molecule has 0 fully saturated rings. The average molecular weight is 252 g/mol. The van der Waals surface area contributed by atoms with E-state index >= 15 is 0 Å². The Morgan fingerprint density at radius 2 is 1.79 bits per heavy atom. The van der Waals surface area contributed by atoms with Crippen LogP contribution in [0.25, 0.3) is 21.8 Å². The van der Waals surface area contributed by atoms with E-state index in [0.29, 0.717) is 11.3 Å². The van der Waals surface area contributed by atoms with Gasteiger partial charge >= 0.3 is 0 Å². The molecule has 5 nitrogen and oxygen atoms in total. The predicted molar refractivity (Wildman–Crippen MR) is 76.2 cm³/mol. The lowest BCUT2D eigenvalue weighted by Crippen LogP contribution is -2.12. The number of aromatic nitrogens is 1. The van der Waals surface area contributed by atoms with Gasteiger partial charge in [-0.3, -0.25) is 0 Å². The molecule has 3 aromatic rings. The zero-order chi connectivity index (χ0) is 13.4. The minimum absolute atomic E-state index is 0.0513. The largest absolute Gasteiger partial charge is 0.409 e. The van der Waals surface area contributed by atoms with Crippen LogP contribution in [0, 0.1) is 0 Å². The van der Waals surface area contributed by atoms with Gasteiger partial charge in [0.2, 0.25) is 0 Å². The molecule has 19 heavy (non-hydrogen) atoms. The first-order valence-electron chi connectivity index (χ1n) is 5.76. The van der Waals surface area contributed by atoms with Gasteiger partial charge < -0.3 is 16.7 Å². The molecule has 0 radical (unpaired) electrons. The fraction of sp³-hybridized carbons (Fsp3) is 0. The SMILES string of the molecule is N/C(=N/O)c1ccc2c(N)c3ccccc3nc2c1. The van der Waals surface area contributed by atoms with Gasteiger partial charge in [0.15, 0.2) is 5.84 Å². The van der Waals surface area contributed by atoms with Crippen molar-refractivity contribution >= 4 is 33.3 Å². The summed E-state index contributed by atoms with van der Waals surface area (Å²) in [5.74, 6) is 0.0513. The Balaban J connectivity index is 2.38. The van der Waals surface area contributed by atoms with E-state index in [0.717, 1.165) is 21.8 Å². The van der Waals surface area contributed by atoms with Crippen LogP contribution in [0.5, 0.6) is 0 Å². The van der Waals surface area contributed by atoms with E-state index < -0.39 is 0 Å². The lowest BCUT2D eigenvalue weighted by atomic mass is 10.1. The molecule has 0 aliphatic heterocycles. The Hall–Kier alpha value is -2.82. The van der Waals surface area contributed by atoms with Gasteiger partial charge in [0.05, 0.1) is 16.7 Å². The topological polar surface area (TPSA) is 97.5 Å². The van der Waals surface area contributed by atoms with Crippen molar-refractivity contribution in [3.63, 3.8) is 0 Å². The number of anilines is 1. The Labute approximate surface area is 109 Å². The van der Waals surface area contributed by atoms with E-state index in [1.54, 1.807) is 12.1 Å². The highest BCUT2D eigenvalue weighted by Crippen LogP contribution is 2.28. The third kappa shape index (κ3) is 1.72. The van der Waals surface area contributed by atoms with E-state index in [4.69, 9.17) is 16.7 Å². The van der Waals surface area contributed by atoms with Crippen molar-refractivity contribution in [3.05, 3.63) is 48.0 Å². The van der Waals surface area contributed by atoms with Crippen molar-refractivity contribution in [1.29, 1.82) is 0 Å². The summed E-state index contributed by atoms with van der Waals surface area (Å²) in [5.41, 5.74) is 14.6. The molecule has 94 valence electrons. The lowest BCUT2D eigenvalue weighted by molar-refractivity contribution is 0.318. The monoisotopic (exact) mass is 252 g/mol. The number of oxime groups is 1. The van der Waals surface area contributed by atoms with E-state index in [9.17, 15) is 0 Å². The van der Waals surface area contributed by atoms with Gasteiger partial charge in [0.1, 0.15) is 0 Å². The smallest absolute Gasteiger partial charge is 0.170 e. The van der Waals surface area contributed by atoms with Gasteiger partial charge in [-0.15, -0.1) is 0 Å². The van der Waals surface area contributed by atoms with Crippen LogP contribution >= 0.6 is 0 Å². The van der Waals surface area contributed by atoms with Crippen molar-refractivity contribution in [3.8, 4) is 0 Å². The average Bonchev–Trinajstić information content (AvgIpc) is 2.46. The molecule has 3 rings (SSSR count). The number of nitrogen functional groups attached to an aromatic ring is 1. The summed E-state index contributed by atoms with van der Waals surface area (Å²) in [6.45, 7) is 0. The Morgan fingerprint density at radius 1 is 1.05 bits per heavy atom. The number of benzene rings is 2. The first-order valence-corrected chi connectivity index (χ1v) is 5.76. The number of amidine groups is 1. The molecule has 0 bridgehead atoms. The summed E-state index contributed by atoms with van der Waals surface area (Å²) in [6, 6.07) is 13.0. The van der Waals surface area contributed by atoms with Gasteiger partial charge in [0, 0.05) is 16.3 Å². The van der Waals surface area contributed by atoms with Gasteiger partial charge in [-0.25, -0.2) is 4.98 Å². The highest BCUT2D eigenvalue weighted by Gasteiger charge is 2.08. The van der Waals surface area contributed by atoms with Crippen molar-refractivity contribution in [2.45, 2.75) is 0 Å². The molecule has 0 amide bonds. The Bertz CT molecular complexity index is 811. The molecule has 0 spiro atoms. The zero-order valence-corrected chi connectivity index (χ0v) is 10.0. The van der Waals surface area contributed by atoms with Crippen molar-refractivity contribution in [2.24, 2.45) is 10.9 Å². The van der Waals surface area contributed by atoms with Gasteiger partial charge in [0.25, 0.3) is 0 Å². The number of hydrogen-bond acceptors (Lipinski definition) is 4. The maximum Gasteiger partial charge on any atom is 0.170 e. The molecule has 0 unspecified atom stereocenters. The van der Waals surface area contributed by atoms with Crippen LogP contribution in [-0.2, 0) is 0 Å². The quantitative estimate of drug-likeness (QED) is 0.203. The standard InChI is InChI=1S/C14H12N4O/c15-13-9-3-1-2-4-11(9)17-12-7-8(14(16)18-19)5-6-10(12)13/h1-7,19H,(H2,15,17)(H2,16,18). The highest BCUT2D eigenvalue weighted by atomic mass is 16.4. The molecular formula is C14H12N4O. The van der Waals surface area contributed by atoms with Crippen LogP contribution in [0.2, 0.25) is 0 Å². The predicted octanol–water partition coefficient (Wildman–Crippen LogP) is 2.06. The van der Waals surface area contributed by atoms with E-state index in [2.05, 4.69) is 10.1 Å². The van der Waals surface area contributed by atoms with E-state index in [1.165, 1.54) is 0 Å². The summed E-state index contributed by atoms with van der Waals surface area (Å²) in [4.78, 5) is 4.54. The van der Waals surface area contributed by atoms with Crippen LogP contribution in [0.1, 0.15) is 5.56 Å². The molecule has 0 saturated carbocycles. The minimum atomic E-state index is 0.0513. The summed E-state index contributed by atoms with van der Waals surface area (Å²) >= 11 is 0. The zero-order valence-electron chi connectivity index (χ0n) is 10.0. The van der Waals surface area contributed by atoms with Gasteiger partial charge in [-0.05, 0) is 18.2 Å². The molecule has 1 aromatic heterocycles. The fourth-order valence-corrected chi connectivity index (χ4v) is 2.14. The second-order valence-corrected chi connectivity index (χ2v) is 4.26. The first kappa shape index (κ1) is 11.3. The normalized spacial score (nSPS) is 12.1. The van der Waals surface area contributed by atoms with Gasteiger partial charge in [-0.2, -0.15) is 0 Å². The van der Waals surface area contributed by atoms with Crippen LogP contribution < -0.4 is 11.5 Å². The van der Waals surface area contributed by atoms with E-state index in [-0.39, 0.29) is 5.84 Å². The molecule has 5 N–H and O–H groups in total. The van der Waals surface area contributed by atoms with E-state index in [1.807, 2.05) is 30.3 Å². The fourth-order valence-electron chi connectivity index (χ4n) is 2.14. The summed E-state index contributed by atoms with van der Waals surface area (Å²) in [5, 5.41) is 13.5. The van der Waals surface area contributed by atoms with Crippen molar-refractivity contribution in [1.82, 2.24) is 4.98 Å². The number of rotatable bonds is 1. The summed E-state index contributed by atoms with van der Waals surface area (Å²) in [6.07, 6.45) is 0. The molecule has 0 aliphatic carbocycles. The molecule has 5 heteroatoms. The maximum atomic E-state index is 8.70. The third-order valence-corrected chi connectivity index (χ3v) is 3.13. The van der Waals surface area contributed by atoms with Crippen LogP contribution in [-0.4, -0.2) is 16.0 Å².